The van der Waals surface area contributed by atoms with Gasteiger partial charge < -0.3 is 10.2 Å². The van der Waals surface area contributed by atoms with Gasteiger partial charge in [0.2, 0.25) is 0 Å². The van der Waals surface area contributed by atoms with Crippen LogP contribution in [0.15, 0.2) is 42.6 Å². The van der Waals surface area contributed by atoms with Gasteiger partial charge in [-0.1, -0.05) is 18.2 Å². The first-order valence-corrected chi connectivity index (χ1v) is 6.96. The molecule has 2 aromatic rings. The fourth-order valence-corrected chi connectivity index (χ4v) is 2.37. The summed E-state index contributed by atoms with van der Waals surface area (Å²) in [6.45, 7) is 3.37. The average Bonchev–Trinajstić information content (AvgIpc) is 2.83. The van der Waals surface area contributed by atoms with Gasteiger partial charge in [-0.15, -0.1) is 0 Å². The first-order chi connectivity index (χ1) is 9.84. The van der Waals surface area contributed by atoms with Gasteiger partial charge >= 0.3 is 0 Å². The zero-order valence-electron chi connectivity index (χ0n) is 11.3. The highest BCUT2D eigenvalue weighted by Crippen LogP contribution is 2.09. The van der Waals surface area contributed by atoms with E-state index in [9.17, 15) is 4.79 Å². The van der Waals surface area contributed by atoms with Crippen LogP contribution in [-0.4, -0.2) is 46.8 Å². The molecule has 1 amide bonds. The monoisotopic (exact) mass is 270 g/mol. The Hall–Kier alpha value is -2.14. The Morgan fingerprint density at radius 2 is 1.95 bits per heavy atom. The van der Waals surface area contributed by atoms with Crippen molar-refractivity contribution in [3.8, 4) is 5.69 Å². The van der Waals surface area contributed by atoms with Crippen molar-refractivity contribution >= 4 is 5.91 Å². The molecule has 0 atom stereocenters. The zero-order valence-corrected chi connectivity index (χ0v) is 11.3. The number of rotatable bonds is 2. The fourth-order valence-electron chi connectivity index (χ4n) is 2.37. The van der Waals surface area contributed by atoms with Crippen LogP contribution in [0.1, 0.15) is 16.9 Å². The van der Waals surface area contributed by atoms with Gasteiger partial charge in [-0.3, -0.25) is 4.79 Å². The van der Waals surface area contributed by atoms with Crippen molar-refractivity contribution in [3.63, 3.8) is 0 Å². The summed E-state index contributed by atoms with van der Waals surface area (Å²) in [5, 5.41) is 7.69. The van der Waals surface area contributed by atoms with Crippen LogP contribution in [0, 0.1) is 0 Å². The second kappa shape index (κ2) is 5.88. The van der Waals surface area contributed by atoms with Crippen LogP contribution in [0.4, 0.5) is 0 Å². The molecule has 1 aromatic carbocycles. The summed E-state index contributed by atoms with van der Waals surface area (Å²) < 4.78 is 1.74. The van der Waals surface area contributed by atoms with Crippen molar-refractivity contribution < 1.29 is 4.79 Å². The third-order valence-corrected chi connectivity index (χ3v) is 3.46. The largest absolute Gasteiger partial charge is 0.336 e. The number of amides is 1. The average molecular weight is 270 g/mol. The van der Waals surface area contributed by atoms with Gasteiger partial charge in [0.1, 0.15) is 0 Å². The van der Waals surface area contributed by atoms with Gasteiger partial charge in [-0.25, -0.2) is 4.68 Å². The summed E-state index contributed by atoms with van der Waals surface area (Å²) in [5.74, 6) is 0.0170. The molecule has 5 heteroatoms. The van der Waals surface area contributed by atoms with Crippen molar-refractivity contribution in [2.45, 2.75) is 6.42 Å². The Balaban J connectivity index is 1.77. The maximum Gasteiger partial charge on any atom is 0.274 e. The molecule has 0 saturated carbocycles. The molecule has 1 aromatic heterocycles. The van der Waals surface area contributed by atoms with E-state index in [2.05, 4.69) is 10.4 Å². The van der Waals surface area contributed by atoms with Gasteiger partial charge in [0.05, 0.1) is 5.69 Å². The molecule has 0 unspecified atom stereocenters. The maximum absolute atomic E-state index is 12.4. The summed E-state index contributed by atoms with van der Waals surface area (Å²) in [7, 11) is 0. The summed E-state index contributed by atoms with van der Waals surface area (Å²) in [6.07, 6.45) is 2.82. The molecule has 1 aliphatic heterocycles. The summed E-state index contributed by atoms with van der Waals surface area (Å²) in [5.41, 5.74) is 1.47. The van der Waals surface area contributed by atoms with Crippen LogP contribution in [0.25, 0.3) is 5.69 Å². The number of hydrogen-bond acceptors (Lipinski definition) is 3. The molecule has 1 saturated heterocycles. The summed E-state index contributed by atoms with van der Waals surface area (Å²) >= 11 is 0. The van der Waals surface area contributed by atoms with Crippen LogP contribution in [0.2, 0.25) is 0 Å². The first kappa shape index (κ1) is 12.9. The lowest BCUT2D eigenvalue weighted by molar-refractivity contribution is 0.0760. The Morgan fingerprint density at radius 3 is 2.80 bits per heavy atom. The molecule has 0 radical (unpaired) electrons. The smallest absolute Gasteiger partial charge is 0.274 e. The molecule has 1 aliphatic rings. The SMILES string of the molecule is O=C(c1ccn(-c2ccccc2)n1)N1CCCNCC1. The second-order valence-electron chi connectivity index (χ2n) is 4.88. The minimum absolute atomic E-state index is 0.0170. The van der Waals surface area contributed by atoms with Crippen LogP contribution >= 0.6 is 0 Å². The van der Waals surface area contributed by atoms with E-state index in [0.29, 0.717) is 5.69 Å². The summed E-state index contributed by atoms with van der Waals surface area (Å²) in [6, 6.07) is 11.6. The topological polar surface area (TPSA) is 50.2 Å². The molecule has 1 N–H and O–H groups in total. The minimum Gasteiger partial charge on any atom is -0.336 e. The van der Waals surface area contributed by atoms with Gasteiger partial charge in [0.15, 0.2) is 5.69 Å². The molecule has 104 valence electrons. The van der Waals surface area contributed by atoms with Crippen LogP contribution in [-0.2, 0) is 0 Å². The van der Waals surface area contributed by atoms with E-state index in [1.54, 1.807) is 10.7 Å². The van der Waals surface area contributed by atoms with Crippen LogP contribution in [0.3, 0.4) is 0 Å². The van der Waals surface area contributed by atoms with E-state index in [1.165, 1.54) is 0 Å². The van der Waals surface area contributed by atoms with E-state index in [4.69, 9.17) is 0 Å². The third kappa shape index (κ3) is 2.72. The normalized spacial score (nSPS) is 15.9. The van der Waals surface area contributed by atoms with Crippen molar-refractivity contribution in [1.29, 1.82) is 0 Å². The zero-order chi connectivity index (χ0) is 13.8. The lowest BCUT2D eigenvalue weighted by atomic mass is 10.3. The number of carbonyl (C=O) groups excluding carboxylic acids is 1. The number of hydrogen-bond donors (Lipinski definition) is 1. The Bertz CT molecular complexity index is 571. The molecule has 2 heterocycles. The molecule has 5 nitrogen and oxygen atoms in total. The number of aromatic nitrogens is 2. The van der Waals surface area contributed by atoms with Crippen molar-refractivity contribution in [1.82, 2.24) is 20.0 Å². The summed E-state index contributed by atoms with van der Waals surface area (Å²) in [4.78, 5) is 14.3. The van der Waals surface area contributed by atoms with Gasteiger partial charge in [-0.05, 0) is 31.2 Å². The van der Waals surface area contributed by atoms with Gasteiger partial charge in [-0.2, -0.15) is 5.10 Å². The molecule has 20 heavy (non-hydrogen) atoms. The predicted molar refractivity (Wildman–Crippen MR) is 77.0 cm³/mol. The number of carbonyl (C=O) groups is 1. The quantitative estimate of drug-likeness (QED) is 0.895. The standard InChI is InChI=1S/C15H18N4O/c20-15(18-10-4-8-16-9-12-18)14-7-11-19(17-14)13-5-2-1-3-6-13/h1-3,5-7,11,16H,4,8-10,12H2. The molecular weight excluding hydrogens is 252 g/mol. The maximum atomic E-state index is 12.4. The third-order valence-electron chi connectivity index (χ3n) is 3.46. The molecule has 1 fully saturated rings. The number of benzene rings is 1. The van der Waals surface area contributed by atoms with Gasteiger partial charge in [0, 0.05) is 25.8 Å². The molecule has 0 spiro atoms. The molecule has 3 rings (SSSR count). The van der Waals surface area contributed by atoms with Crippen molar-refractivity contribution in [2.24, 2.45) is 0 Å². The van der Waals surface area contributed by atoms with Crippen molar-refractivity contribution in [2.75, 3.05) is 26.2 Å². The van der Waals surface area contributed by atoms with Crippen LogP contribution < -0.4 is 5.32 Å². The highest BCUT2D eigenvalue weighted by molar-refractivity contribution is 5.92. The minimum atomic E-state index is 0.0170. The second-order valence-corrected chi connectivity index (χ2v) is 4.88. The van der Waals surface area contributed by atoms with Gasteiger partial charge in [0.25, 0.3) is 5.91 Å². The molecule has 0 bridgehead atoms. The molecular formula is C15H18N4O. The van der Waals surface area contributed by atoms with E-state index in [-0.39, 0.29) is 5.91 Å². The lowest BCUT2D eigenvalue weighted by Crippen LogP contribution is -2.34. The number of nitrogens with zero attached hydrogens (tertiary/aromatic N) is 3. The van der Waals surface area contributed by atoms with E-state index >= 15 is 0 Å². The van der Waals surface area contributed by atoms with Crippen molar-refractivity contribution in [3.05, 3.63) is 48.3 Å². The highest BCUT2D eigenvalue weighted by atomic mass is 16.2. The number of para-hydroxylation sites is 1. The lowest BCUT2D eigenvalue weighted by Gasteiger charge is -2.18. The fraction of sp³-hybridized carbons (Fsp3) is 0.333. The predicted octanol–water partition coefficient (Wildman–Crippen LogP) is 1.31. The Labute approximate surface area is 118 Å². The number of nitrogens with one attached hydrogen (secondary N) is 1. The van der Waals surface area contributed by atoms with Crippen LogP contribution in [0.5, 0.6) is 0 Å². The Kier molecular flexibility index (Phi) is 3.78. The van der Waals surface area contributed by atoms with E-state index < -0.39 is 0 Å². The Morgan fingerprint density at radius 1 is 1.10 bits per heavy atom. The first-order valence-electron chi connectivity index (χ1n) is 6.96. The molecule has 0 aliphatic carbocycles. The highest BCUT2D eigenvalue weighted by Gasteiger charge is 2.19. The van der Waals surface area contributed by atoms with E-state index in [1.807, 2.05) is 41.4 Å². The van der Waals surface area contributed by atoms with E-state index in [0.717, 1.165) is 38.3 Å².